The molecule has 1 aliphatic heterocycles. The van der Waals surface area contributed by atoms with Crippen molar-refractivity contribution in [2.24, 2.45) is 0 Å². The average Bonchev–Trinajstić information content (AvgIpc) is 2.51. The second-order valence-corrected chi connectivity index (χ2v) is 5.13. The molecule has 2 rings (SSSR count). The molecule has 0 N–H and O–H groups in total. The van der Waals surface area contributed by atoms with Crippen LogP contribution in [0.15, 0.2) is 30.3 Å². The van der Waals surface area contributed by atoms with Crippen LogP contribution in [0.3, 0.4) is 0 Å². The van der Waals surface area contributed by atoms with E-state index in [4.69, 9.17) is 4.74 Å². The number of hydrogen-bond acceptors (Lipinski definition) is 3. The summed E-state index contributed by atoms with van der Waals surface area (Å²) in [4.78, 5) is 13.9. The highest BCUT2D eigenvalue weighted by Crippen LogP contribution is 2.29. The van der Waals surface area contributed by atoms with Gasteiger partial charge in [0, 0.05) is 26.1 Å². The van der Waals surface area contributed by atoms with E-state index in [2.05, 4.69) is 4.90 Å². The molecule has 0 unspecified atom stereocenters. The number of carbonyl (C=O) groups is 1. The van der Waals surface area contributed by atoms with Crippen molar-refractivity contribution in [3.8, 4) is 0 Å². The minimum Gasteiger partial charge on any atom is -0.379 e. The van der Waals surface area contributed by atoms with Crippen molar-refractivity contribution in [3.63, 3.8) is 0 Å². The van der Waals surface area contributed by atoms with Crippen LogP contribution in [0.4, 0.5) is 13.2 Å². The number of benzene rings is 1. The van der Waals surface area contributed by atoms with Crippen LogP contribution in [-0.4, -0.2) is 43.5 Å². The Balaban J connectivity index is 0.00000264. The van der Waals surface area contributed by atoms with Gasteiger partial charge in [0.05, 0.1) is 18.8 Å². The minimum absolute atomic E-state index is 0. The molecule has 1 aromatic rings. The SMILES string of the molecule is Cl.O=C(C=Cc1cccc(C(F)(F)F)c1)CCN1CCOCC1. The van der Waals surface area contributed by atoms with E-state index >= 15 is 0 Å². The van der Waals surface area contributed by atoms with E-state index in [1.807, 2.05) is 0 Å². The number of alkyl halides is 3. The van der Waals surface area contributed by atoms with Crippen molar-refractivity contribution in [1.29, 1.82) is 0 Å². The molecule has 0 saturated carbocycles. The topological polar surface area (TPSA) is 29.5 Å². The average molecular weight is 350 g/mol. The van der Waals surface area contributed by atoms with Gasteiger partial charge >= 0.3 is 6.18 Å². The Labute approximate surface area is 139 Å². The maximum atomic E-state index is 12.6. The molecule has 1 aromatic carbocycles. The number of nitrogens with zero attached hydrogens (tertiary/aromatic N) is 1. The first-order valence-electron chi connectivity index (χ1n) is 7.13. The summed E-state index contributed by atoms with van der Waals surface area (Å²) in [5.41, 5.74) is -0.343. The lowest BCUT2D eigenvalue weighted by Gasteiger charge is -2.25. The molecule has 1 heterocycles. The fraction of sp³-hybridized carbons (Fsp3) is 0.438. The Hall–Kier alpha value is -1.37. The van der Waals surface area contributed by atoms with Crippen molar-refractivity contribution in [2.75, 3.05) is 32.8 Å². The van der Waals surface area contributed by atoms with Gasteiger partial charge in [-0.15, -0.1) is 12.4 Å². The summed E-state index contributed by atoms with van der Waals surface area (Å²) >= 11 is 0. The standard InChI is InChI=1S/C16H18F3NO2.ClH/c17-16(18,19)14-3-1-2-13(12-14)4-5-15(21)6-7-20-8-10-22-11-9-20;/h1-5,12H,6-11H2;1H. The second kappa shape index (κ2) is 9.05. The number of hydrogen-bond donors (Lipinski definition) is 0. The lowest BCUT2D eigenvalue weighted by Crippen LogP contribution is -2.37. The molecular weight excluding hydrogens is 331 g/mol. The third-order valence-corrected chi connectivity index (χ3v) is 3.45. The summed E-state index contributed by atoms with van der Waals surface area (Å²) in [5, 5.41) is 0. The molecule has 0 aliphatic carbocycles. The van der Waals surface area contributed by atoms with Gasteiger partial charge in [-0.2, -0.15) is 13.2 Å². The summed E-state index contributed by atoms with van der Waals surface area (Å²) in [6.45, 7) is 3.62. The molecule has 23 heavy (non-hydrogen) atoms. The number of rotatable bonds is 5. The van der Waals surface area contributed by atoms with Crippen molar-refractivity contribution in [3.05, 3.63) is 41.5 Å². The lowest BCUT2D eigenvalue weighted by atomic mass is 10.1. The molecule has 128 valence electrons. The van der Waals surface area contributed by atoms with E-state index in [1.165, 1.54) is 18.2 Å². The maximum absolute atomic E-state index is 12.6. The zero-order chi connectivity index (χ0) is 16.0. The number of ether oxygens (including phenoxy) is 1. The minimum atomic E-state index is -4.37. The monoisotopic (exact) mass is 349 g/mol. The van der Waals surface area contributed by atoms with E-state index in [-0.39, 0.29) is 18.2 Å². The highest BCUT2D eigenvalue weighted by atomic mass is 35.5. The maximum Gasteiger partial charge on any atom is 0.416 e. The molecule has 0 atom stereocenters. The zero-order valence-electron chi connectivity index (χ0n) is 12.5. The molecular formula is C16H19ClF3NO2. The molecule has 1 saturated heterocycles. The highest BCUT2D eigenvalue weighted by Gasteiger charge is 2.30. The molecule has 0 bridgehead atoms. The number of morpholine rings is 1. The quantitative estimate of drug-likeness (QED) is 0.763. The number of allylic oxidation sites excluding steroid dienone is 1. The fourth-order valence-corrected chi connectivity index (χ4v) is 2.18. The van der Waals surface area contributed by atoms with Crippen LogP contribution < -0.4 is 0 Å². The van der Waals surface area contributed by atoms with Crippen molar-refractivity contribution >= 4 is 24.3 Å². The molecule has 0 aromatic heterocycles. The van der Waals surface area contributed by atoms with Gasteiger partial charge in [-0.1, -0.05) is 18.2 Å². The third-order valence-electron chi connectivity index (χ3n) is 3.45. The van der Waals surface area contributed by atoms with Gasteiger partial charge in [0.1, 0.15) is 0 Å². The molecule has 1 fully saturated rings. The van der Waals surface area contributed by atoms with Crippen LogP contribution >= 0.6 is 12.4 Å². The number of ketones is 1. The Morgan fingerprint density at radius 2 is 1.96 bits per heavy atom. The first-order valence-corrected chi connectivity index (χ1v) is 7.13. The highest BCUT2D eigenvalue weighted by molar-refractivity contribution is 5.93. The summed E-state index contributed by atoms with van der Waals surface area (Å²) in [7, 11) is 0. The smallest absolute Gasteiger partial charge is 0.379 e. The van der Waals surface area contributed by atoms with Gasteiger partial charge in [-0.3, -0.25) is 9.69 Å². The summed E-state index contributed by atoms with van der Waals surface area (Å²) in [6.07, 6.45) is -1.24. The largest absolute Gasteiger partial charge is 0.416 e. The third kappa shape index (κ3) is 6.72. The molecule has 3 nitrogen and oxygen atoms in total. The van der Waals surface area contributed by atoms with Crippen molar-refractivity contribution < 1.29 is 22.7 Å². The van der Waals surface area contributed by atoms with Gasteiger partial charge in [-0.05, 0) is 23.8 Å². The van der Waals surface area contributed by atoms with Crippen molar-refractivity contribution in [2.45, 2.75) is 12.6 Å². The van der Waals surface area contributed by atoms with E-state index in [0.717, 1.165) is 25.2 Å². The zero-order valence-corrected chi connectivity index (χ0v) is 13.3. The second-order valence-electron chi connectivity index (χ2n) is 5.13. The number of halogens is 4. The number of carbonyl (C=O) groups excluding carboxylic acids is 1. The van der Waals surface area contributed by atoms with Gasteiger partial charge in [0.2, 0.25) is 0 Å². The van der Waals surface area contributed by atoms with E-state index in [0.29, 0.717) is 31.7 Å². The van der Waals surface area contributed by atoms with Crippen LogP contribution in [0.25, 0.3) is 6.08 Å². The fourth-order valence-electron chi connectivity index (χ4n) is 2.18. The van der Waals surface area contributed by atoms with Gasteiger partial charge in [0.15, 0.2) is 5.78 Å². The van der Waals surface area contributed by atoms with E-state index < -0.39 is 11.7 Å². The first kappa shape index (κ1) is 19.7. The Bertz CT molecular complexity index is 540. The Morgan fingerprint density at radius 3 is 2.61 bits per heavy atom. The first-order chi connectivity index (χ1) is 10.4. The predicted molar refractivity (Wildman–Crippen MR) is 84.6 cm³/mol. The van der Waals surface area contributed by atoms with Crippen molar-refractivity contribution in [1.82, 2.24) is 4.90 Å². The molecule has 0 spiro atoms. The van der Waals surface area contributed by atoms with Crippen LogP contribution in [0.1, 0.15) is 17.5 Å². The van der Waals surface area contributed by atoms with E-state index in [1.54, 1.807) is 6.07 Å². The lowest BCUT2D eigenvalue weighted by molar-refractivity contribution is -0.137. The Morgan fingerprint density at radius 1 is 1.26 bits per heavy atom. The molecule has 7 heteroatoms. The van der Waals surface area contributed by atoms with Gasteiger partial charge < -0.3 is 4.74 Å². The van der Waals surface area contributed by atoms with Crippen LogP contribution in [0.2, 0.25) is 0 Å². The van der Waals surface area contributed by atoms with Gasteiger partial charge in [0.25, 0.3) is 0 Å². The van der Waals surface area contributed by atoms with Gasteiger partial charge in [-0.25, -0.2) is 0 Å². The predicted octanol–water partition coefficient (Wildman–Crippen LogP) is 3.43. The molecule has 0 radical (unpaired) electrons. The van der Waals surface area contributed by atoms with Crippen LogP contribution in [0, 0.1) is 0 Å². The van der Waals surface area contributed by atoms with Crippen LogP contribution in [-0.2, 0) is 15.7 Å². The van der Waals surface area contributed by atoms with E-state index in [9.17, 15) is 18.0 Å². The molecule has 1 aliphatic rings. The Kier molecular flexibility index (Phi) is 7.75. The summed E-state index contributed by atoms with van der Waals surface area (Å²) in [5.74, 6) is -0.0936. The summed E-state index contributed by atoms with van der Waals surface area (Å²) in [6, 6.07) is 4.92. The van der Waals surface area contributed by atoms with Crippen LogP contribution in [0.5, 0.6) is 0 Å². The normalized spacial score (nSPS) is 16.3. The summed E-state index contributed by atoms with van der Waals surface area (Å²) < 4.78 is 43.0. The molecule has 0 amide bonds.